The third kappa shape index (κ3) is 8.82. The quantitative estimate of drug-likeness (QED) is 0.491. The zero-order valence-corrected chi connectivity index (χ0v) is 9.39. The Balaban J connectivity index is -0.00000000500. The van der Waals surface area contributed by atoms with Crippen LogP contribution in [0, 0.1) is 0 Å². The van der Waals surface area contributed by atoms with E-state index in [2.05, 4.69) is 0 Å². The summed E-state index contributed by atoms with van der Waals surface area (Å²) in [6.07, 6.45) is 0. The maximum atomic E-state index is 8.22. The van der Waals surface area contributed by atoms with Gasteiger partial charge in [0.1, 0.15) is 0 Å². The van der Waals surface area contributed by atoms with E-state index in [1.807, 2.05) is 0 Å². The fraction of sp³-hybridized carbons (Fsp3) is 0. The van der Waals surface area contributed by atoms with Crippen molar-refractivity contribution >= 4 is 48.9 Å². The van der Waals surface area contributed by atoms with Crippen molar-refractivity contribution in [3.63, 3.8) is 0 Å². The van der Waals surface area contributed by atoms with Crippen LogP contribution in [-0.2, 0) is 40.2 Å². The molecule has 0 aromatic carbocycles. The monoisotopic (exact) mass is 412 g/mol. The molecule has 0 saturated carbocycles. The van der Waals surface area contributed by atoms with E-state index in [-0.39, 0.29) is 65.9 Å². The van der Waals surface area contributed by atoms with Crippen molar-refractivity contribution in [3.05, 3.63) is 0 Å². The van der Waals surface area contributed by atoms with Gasteiger partial charge in [0.25, 0.3) is 0 Å². The molecule has 0 aromatic rings. The van der Waals surface area contributed by atoms with E-state index in [0.717, 1.165) is 19.8 Å². The average molecular weight is 412 g/mol. The molecule has 0 spiro atoms. The fourth-order valence-electron chi connectivity index (χ4n) is 0. The van der Waals surface area contributed by atoms with E-state index in [1.165, 1.54) is 0 Å². The molecule has 0 fully saturated rings. The number of hydrogen-bond donors (Lipinski definition) is 0. The molecule has 0 rings (SSSR count). The number of hydrogen-bond acceptors (Lipinski definition) is 1. The summed E-state index contributed by atoms with van der Waals surface area (Å²) in [5.74, 6) is 0. The zero-order valence-electron chi connectivity index (χ0n) is 1.73. The molecule has 4 heavy (non-hydrogen) atoms. The van der Waals surface area contributed by atoms with Crippen molar-refractivity contribution in [1.29, 1.82) is 0 Å². The van der Waals surface area contributed by atoms with Crippen LogP contribution in [0.3, 0.4) is 0 Å². The summed E-state index contributed by atoms with van der Waals surface area (Å²) in [6, 6.07) is 0. The van der Waals surface area contributed by atoms with Gasteiger partial charge in [-0.1, -0.05) is 0 Å². The van der Waals surface area contributed by atoms with Gasteiger partial charge in [-0.3, -0.25) is 0 Å². The Hall–Kier alpha value is 2.58. The molecule has 0 aliphatic carbocycles. The molecule has 0 unspecified atom stereocenters. The fourth-order valence-corrected chi connectivity index (χ4v) is 0. The first-order chi connectivity index (χ1) is 1.00. The topological polar surface area (TPSA) is 17.1 Å². The van der Waals surface area contributed by atoms with Gasteiger partial charge in [0.15, 0.2) is 0 Å². The van der Waals surface area contributed by atoms with Crippen LogP contribution in [-0.4, -0.2) is 48.9 Å². The molecule has 0 N–H and O–H groups in total. The molecule has 0 aliphatic rings. The molecule has 29 valence electrons. The molecule has 0 saturated heterocycles. The first-order valence-electron chi connectivity index (χ1n) is 0.129. The minimum absolute atomic E-state index is 0. The summed E-state index contributed by atoms with van der Waals surface area (Å²) < 4.78 is 8.22. The van der Waals surface area contributed by atoms with Gasteiger partial charge in [0.05, 0.1) is 0 Å². The second kappa shape index (κ2) is 17.6. The normalized spacial score (nSPS) is 1.50. The minimum atomic E-state index is 0. The Morgan fingerprint density at radius 2 is 1.25 bits per heavy atom. The Morgan fingerprint density at radius 1 is 1.25 bits per heavy atom. The van der Waals surface area contributed by atoms with Gasteiger partial charge < -0.3 is 0 Å². The van der Waals surface area contributed by atoms with E-state index in [0.29, 0.717) is 0 Å². The standard InChI is InChI=1S/Ba.Cu.O.Pt. The SMILES string of the molecule is [Ba].[Cu].[O]=[Pt]. The summed E-state index contributed by atoms with van der Waals surface area (Å²) in [5.41, 5.74) is 0. The Morgan fingerprint density at radius 3 is 1.25 bits per heavy atom. The van der Waals surface area contributed by atoms with Gasteiger partial charge in [-0.05, 0) is 0 Å². The second-order valence-corrected chi connectivity index (χ2v) is 0. The van der Waals surface area contributed by atoms with Crippen LogP contribution in [0.15, 0.2) is 0 Å². The summed E-state index contributed by atoms with van der Waals surface area (Å²) in [4.78, 5) is 0. The van der Waals surface area contributed by atoms with Crippen molar-refractivity contribution in [2.75, 3.05) is 0 Å². The van der Waals surface area contributed by atoms with Crippen molar-refractivity contribution in [3.8, 4) is 0 Å². The van der Waals surface area contributed by atoms with Gasteiger partial charge in [0.2, 0.25) is 0 Å². The molecule has 3 radical (unpaired) electrons. The second-order valence-electron chi connectivity index (χ2n) is 0. The maximum absolute atomic E-state index is 8.22. The molecule has 0 aromatic heterocycles. The van der Waals surface area contributed by atoms with Crippen molar-refractivity contribution < 1.29 is 40.2 Å². The molecule has 1 nitrogen and oxygen atoms in total. The van der Waals surface area contributed by atoms with Gasteiger partial charge in [-0.15, -0.1) is 0 Å². The molecule has 4 heteroatoms. The Bertz CT molecular complexity index is 8.00. The molecular formula is BaCuOPt. The predicted molar refractivity (Wildman–Crippen MR) is 6.44 cm³/mol. The molecule has 0 atom stereocenters. The van der Waals surface area contributed by atoms with Crippen LogP contribution >= 0.6 is 0 Å². The van der Waals surface area contributed by atoms with Gasteiger partial charge in [-0.2, -0.15) is 0 Å². The van der Waals surface area contributed by atoms with Crippen LogP contribution < -0.4 is 0 Å². The van der Waals surface area contributed by atoms with E-state index < -0.39 is 0 Å². The summed E-state index contributed by atoms with van der Waals surface area (Å²) in [5, 5.41) is 0. The van der Waals surface area contributed by atoms with Crippen LogP contribution in [0.5, 0.6) is 0 Å². The molecule has 0 aliphatic heterocycles. The first-order valence-corrected chi connectivity index (χ1v) is 1.06. The molecule has 0 amide bonds. The van der Waals surface area contributed by atoms with Gasteiger partial charge >= 0.3 is 23.2 Å². The van der Waals surface area contributed by atoms with Gasteiger partial charge in [0, 0.05) is 65.9 Å². The van der Waals surface area contributed by atoms with Crippen molar-refractivity contribution in [1.82, 2.24) is 0 Å². The van der Waals surface area contributed by atoms with Crippen LogP contribution in [0.2, 0.25) is 0 Å². The van der Waals surface area contributed by atoms with Gasteiger partial charge in [-0.25, -0.2) is 0 Å². The Labute approximate surface area is 87.0 Å². The summed E-state index contributed by atoms with van der Waals surface area (Å²) in [6.45, 7) is 0. The van der Waals surface area contributed by atoms with Crippen LogP contribution in [0.4, 0.5) is 0 Å². The Kier molecular flexibility index (Phi) is 70.3. The summed E-state index contributed by atoms with van der Waals surface area (Å²) >= 11 is 0.889. The summed E-state index contributed by atoms with van der Waals surface area (Å²) in [7, 11) is 0. The predicted octanol–water partition coefficient (Wildman–Crippen LogP) is -0.505. The van der Waals surface area contributed by atoms with Crippen molar-refractivity contribution in [2.45, 2.75) is 0 Å². The average Bonchev–Trinajstić information content (AvgIpc) is 1.00. The van der Waals surface area contributed by atoms with Crippen LogP contribution in [0.25, 0.3) is 0 Å². The third-order valence-corrected chi connectivity index (χ3v) is 0. The van der Waals surface area contributed by atoms with E-state index in [4.69, 9.17) is 3.40 Å². The van der Waals surface area contributed by atoms with Crippen LogP contribution in [0.1, 0.15) is 0 Å². The third-order valence-electron chi connectivity index (χ3n) is 0. The van der Waals surface area contributed by atoms with E-state index in [9.17, 15) is 0 Å². The first kappa shape index (κ1) is 16.0. The van der Waals surface area contributed by atoms with Crippen molar-refractivity contribution in [2.24, 2.45) is 0 Å². The molecule has 0 heterocycles. The van der Waals surface area contributed by atoms with E-state index >= 15 is 0 Å². The number of rotatable bonds is 0. The molecular weight excluding hydrogens is 412 g/mol. The van der Waals surface area contributed by atoms with E-state index in [1.54, 1.807) is 0 Å². The molecule has 0 bridgehead atoms. The zero-order chi connectivity index (χ0) is 2.00.